The summed E-state index contributed by atoms with van der Waals surface area (Å²) in [6.07, 6.45) is 1.52. The number of hydrogen-bond donors (Lipinski definition) is 2. The average Bonchev–Trinajstić information content (AvgIpc) is 3.79. The van der Waals surface area contributed by atoms with Crippen LogP contribution in [0.5, 0.6) is 5.75 Å². The van der Waals surface area contributed by atoms with Crippen LogP contribution in [-0.4, -0.2) is 93.9 Å². The van der Waals surface area contributed by atoms with Crippen molar-refractivity contribution in [1.82, 2.24) is 30.1 Å². The number of aliphatic imine (C=N–C) groups is 1. The number of anilines is 1. The highest BCUT2D eigenvalue weighted by Gasteiger charge is 2.53. The highest BCUT2D eigenvalue weighted by atomic mass is 32.1. The van der Waals surface area contributed by atoms with Crippen molar-refractivity contribution in [1.29, 1.82) is 0 Å². The molecular weight excluding hydrogens is 757 g/mol. The van der Waals surface area contributed by atoms with E-state index < -0.39 is 24.3 Å². The maximum absolute atomic E-state index is 14.6. The van der Waals surface area contributed by atoms with Crippen molar-refractivity contribution in [2.45, 2.75) is 31.9 Å². The van der Waals surface area contributed by atoms with Crippen LogP contribution in [0.3, 0.4) is 0 Å². The van der Waals surface area contributed by atoms with Gasteiger partial charge in [0.2, 0.25) is 5.91 Å². The maximum atomic E-state index is 14.6. The number of benzene rings is 4. The highest BCUT2D eigenvalue weighted by Crippen LogP contribution is 2.35. The van der Waals surface area contributed by atoms with Gasteiger partial charge in [0, 0.05) is 19.3 Å². The molecule has 15 heteroatoms. The first-order valence-corrected chi connectivity index (χ1v) is 19.3. The normalized spacial score (nSPS) is 16.7. The van der Waals surface area contributed by atoms with Crippen molar-refractivity contribution in [3.8, 4) is 5.75 Å². The van der Waals surface area contributed by atoms with Crippen molar-refractivity contribution in [2.24, 2.45) is 4.99 Å². The number of carbonyl (C=O) groups is 4. The average molecular weight is 799 g/mol. The summed E-state index contributed by atoms with van der Waals surface area (Å²) in [5.74, 6) is 0.0265. The van der Waals surface area contributed by atoms with Gasteiger partial charge in [-0.05, 0) is 51.6 Å². The number of ether oxygens (including phenoxy) is 2. The van der Waals surface area contributed by atoms with E-state index in [4.69, 9.17) is 15.2 Å². The molecule has 5 aromatic rings. The Kier molecular flexibility index (Phi) is 11.9. The summed E-state index contributed by atoms with van der Waals surface area (Å²) in [6, 6.07) is 27.8. The number of fused-ring (bicyclic) bond motifs is 2. The number of nitrogens with zero attached hydrogens (tertiary/aromatic N) is 6. The number of urea groups is 1. The Balaban J connectivity index is 1.14. The van der Waals surface area contributed by atoms with E-state index >= 15 is 0 Å². The number of thiazole rings is 1. The standard InChI is InChI=1S/C43H42N8O6S/c1-4-21-49(42(54)45-22-30-15-19-34(56-3)20-16-30)50-26-37(52)51-36(50)25-48(24-33-11-8-12-35-38(33)47-41(44)58-35)40(53)39(51)28(2)32-17-13-29(14-18-32)23-46-43(55)57-27-31-9-6-5-7-10-31/h4-20,23,36,39H,1-2,21-22,24-27H2,3H3,(H2,44,47)(H,45,54)/t36-,39+/m1/s1. The summed E-state index contributed by atoms with van der Waals surface area (Å²) >= 11 is 1.36. The Labute approximate surface area is 339 Å². The van der Waals surface area contributed by atoms with Gasteiger partial charge in [0.05, 0.1) is 37.0 Å². The second-order valence-electron chi connectivity index (χ2n) is 13.6. The summed E-state index contributed by atoms with van der Waals surface area (Å²) in [7, 11) is 1.59. The summed E-state index contributed by atoms with van der Waals surface area (Å²) in [5, 5.41) is 6.51. The number of nitrogens with one attached hydrogen (secondary N) is 1. The van der Waals surface area contributed by atoms with Crippen LogP contribution in [0.15, 0.2) is 121 Å². The summed E-state index contributed by atoms with van der Waals surface area (Å²) in [6.45, 7) is 8.77. The third-order valence-corrected chi connectivity index (χ3v) is 10.8. The van der Waals surface area contributed by atoms with Gasteiger partial charge in [-0.15, -0.1) is 6.58 Å². The number of methoxy groups -OCH3 is 1. The second kappa shape index (κ2) is 17.5. The number of hydrazine groups is 1. The lowest BCUT2D eigenvalue weighted by molar-refractivity contribution is -0.153. The van der Waals surface area contributed by atoms with Gasteiger partial charge in [-0.2, -0.15) is 10.0 Å². The van der Waals surface area contributed by atoms with Crippen molar-refractivity contribution < 1.29 is 28.7 Å². The lowest BCUT2D eigenvalue weighted by atomic mass is 9.94. The van der Waals surface area contributed by atoms with E-state index in [1.807, 2.05) is 72.8 Å². The monoisotopic (exact) mass is 798 g/mol. The molecule has 0 bridgehead atoms. The number of piperazine rings is 1. The fourth-order valence-corrected chi connectivity index (χ4v) is 7.82. The summed E-state index contributed by atoms with van der Waals surface area (Å²) < 4.78 is 11.4. The van der Waals surface area contributed by atoms with Gasteiger partial charge in [0.1, 0.15) is 24.6 Å². The molecule has 58 heavy (non-hydrogen) atoms. The van der Waals surface area contributed by atoms with Gasteiger partial charge < -0.3 is 30.3 Å². The Morgan fingerprint density at radius 1 is 1.02 bits per heavy atom. The Hall–Kier alpha value is -6.84. The number of rotatable bonds is 13. The lowest BCUT2D eigenvalue weighted by Crippen LogP contribution is -2.65. The van der Waals surface area contributed by atoms with Crippen LogP contribution in [0, 0.1) is 0 Å². The predicted octanol–water partition coefficient (Wildman–Crippen LogP) is 5.85. The number of aromatic nitrogens is 1. The topological polar surface area (TPSA) is 163 Å². The van der Waals surface area contributed by atoms with Crippen LogP contribution in [0.4, 0.5) is 14.7 Å². The van der Waals surface area contributed by atoms with E-state index in [2.05, 4.69) is 28.5 Å². The van der Waals surface area contributed by atoms with E-state index in [1.54, 1.807) is 47.4 Å². The number of amides is 5. The van der Waals surface area contributed by atoms with Crippen molar-refractivity contribution >= 4 is 62.4 Å². The number of nitrogen functional groups attached to an aromatic ring is 1. The van der Waals surface area contributed by atoms with E-state index in [1.165, 1.54) is 27.5 Å². The van der Waals surface area contributed by atoms with Crippen molar-refractivity contribution in [3.63, 3.8) is 0 Å². The molecule has 3 N–H and O–H groups in total. The molecule has 2 atom stereocenters. The van der Waals surface area contributed by atoms with Gasteiger partial charge in [-0.3, -0.25) is 14.6 Å². The third-order valence-electron chi connectivity index (χ3n) is 9.92. The van der Waals surface area contributed by atoms with Crippen LogP contribution in [0.1, 0.15) is 27.8 Å². The summed E-state index contributed by atoms with van der Waals surface area (Å²) in [4.78, 5) is 66.5. The zero-order chi connectivity index (χ0) is 40.8. The van der Waals surface area contributed by atoms with Crippen molar-refractivity contribution in [2.75, 3.05) is 32.5 Å². The molecule has 2 fully saturated rings. The zero-order valence-electron chi connectivity index (χ0n) is 31.8. The molecule has 0 spiro atoms. The van der Waals surface area contributed by atoms with Crippen LogP contribution >= 0.6 is 11.3 Å². The van der Waals surface area contributed by atoms with E-state index in [9.17, 15) is 19.2 Å². The first-order valence-electron chi connectivity index (χ1n) is 18.5. The quantitative estimate of drug-likeness (QED) is 0.110. The van der Waals surface area contributed by atoms with Crippen LogP contribution in [0.25, 0.3) is 15.8 Å². The highest BCUT2D eigenvalue weighted by molar-refractivity contribution is 7.22. The van der Waals surface area contributed by atoms with Gasteiger partial charge in [-0.25, -0.2) is 14.6 Å². The second-order valence-corrected chi connectivity index (χ2v) is 14.7. The Bertz CT molecular complexity index is 2370. The molecule has 296 valence electrons. The predicted molar refractivity (Wildman–Crippen MR) is 222 cm³/mol. The molecule has 0 aliphatic carbocycles. The van der Waals surface area contributed by atoms with Crippen molar-refractivity contribution in [3.05, 3.63) is 144 Å². The van der Waals surface area contributed by atoms with Gasteiger partial charge >= 0.3 is 12.1 Å². The SMILES string of the molecule is C=CCN(C(=O)NCc1ccc(OC)cc1)N1CC(=O)N2[C@@H](C(=C)c3ccc(C=NC(=O)OCc4ccccc4)cc3)C(=O)N(Cc3cccc4sc(N)nc34)C[C@@H]21. The third kappa shape index (κ3) is 8.60. The summed E-state index contributed by atoms with van der Waals surface area (Å²) in [5.41, 5.74) is 10.9. The maximum Gasteiger partial charge on any atom is 0.433 e. The minimum absolute atomic E-state index is 0.0968. The Morgan fingerprint density at radius 2 is 1.78 bits per heavy atom. The number of hydrogen-bond acceptors (Lipinski definition) is 10. The van der Waals surface area contributed by atoms with Crippen LogP contribution < -0.4 is 15.8 Å². The molecule has 2 aliphatic rings. The van der Waals surface area contributed by atoms with E-state index in [0.29, 0.717) is 33.1 Å². The smallest absolute Gasteiger partial charge is 0.433 e. The van der Waals surface area contributed by atoms with Gasteiger partial charge in [-0.1, -0.05) is 103 Å². The molecule has 4 aromatic carbocycles. The molecular formula is C43H42N8O6S. The molecule has 5 amide bonds. The Morgan fingerprint density at radius 3 is 2.50 bits per heavy atom. The fourth-order valence-electron chi connectivity index (χ4n) is 7.04. The minimum atomic E-state index is -1.10. The number of para-hydroxylation sites is 1. The molecule has 2 saturated heterocycles. The van der Waals surface area contributed by atoms with Crippen LogP contribution in [-0.2, 0) is 34.0 Å². The molecule has 0 unspecified atom stereocenters. The molecule has 3 heterocycles. The van der Waals surface area contributed by atoms with Gasteiger partial charge in [0.15, 0.2) is 5.13 Å². The van der Waals surface area contributed by atoms with E-state index in [0.717, 1.165) is 21.4 Å². The number of nitrogens with two attached hydrogens (primary N) is 1. The number of carbonyl (C=O) groups excluding carboxylic acids is 4. The molecule has 14 nitrogen and oxygen atoms in total. The molecule has 1 aromatic heterocycles. The largest absolute Gasteiger partial charge is 0.497 e. The first-order chi connectivity index (χ1) is 28.1. The molecule has 7 rings (SSSR count). The molecule has 0 radical (unpaired) electrons. The van der Waals surface area contributed by atoms with Gasteiger partial charge in [0.25, 0.3) is 5.91 Å². The van der Waals surface area contributed by atoms with Crippen LogP contribution in [0.2, 0.25) is 0 Å². The molecule has 0 saturated carbocycles. The zero-order valence-corrected chi connectivity index (χ0v) is 32.6. The minimum Gasteiger partial charge on any atom is -0.497 e. The van der Waals surface area contributed by atoms with E-state index in [-0.39, 0.29) is 51.1 Å². The fraction of sp³-hybridized carbons (Fsp3) is 0.209. The first kappa shape index (κ1) is 39.4. The lowest BCUT2D eigenvalue weighted by Gasteiger charge is -2.46. The molecule has 2 aliphatic heterocycles.